The zero-order valence-electron chi connectivity index (χ0n) is 16.7. The number of hydrogen-bond acceptors (Lipinski definition) is 5. The monoisotopic (exact) mass is 395 g/mol. The molecule has 2 aromatic heterocycles. The summed E-state index contributed by atoms with van der Waals surface area (Å²) in [7, 11) is 3.55. The molecule has 7 nitrogen and oxygen atoms in total. The maximum atomic E-state index is 14.0. The van der Waals surface area contributed by atoms with Crippen molar-refractivity contribution in [2.45, 2.75) is 26.5 Å². The molecular formula is C21H22FN5O2. The van der Waals surface area contributed by atoms with Crippen LogP contribution in [0.3, 0.4) is 0 Å². The molecule has 0 aliphatic carbocycles. The van der Waals surface area contributed by atoms with Crippen LogP contribution in [0.2, 0.25) is 0 Å². The van der Waals surface area contributed by atoms with Gasteiger partial charge in [-0.1, -0.05) is 0 Å². The molecule has 1 amide bonds. The third kappa shape index (κ3) is 3.20. The number of aromatic nitrogens is 3. The number of amides is 1. The molecule has 8 heteroatoms. The van der Waals surface area contributed by atoms with Gasteiger partial charge in [0.2, 0.25) is 0 Å². The van der Waals surface area contributed by atoms with E-state index in [1.807, 2.05) is 20.0 Å². The third-order valence-corrected chi connectivity index (χ3v) is 5.23. The SMILES string of the molecule is Cc1nn(C)c2c1-c1cnc(N)c(c1)OC(C)c1cc(F)ccc1C(=O)N(C)C2. The average Bonchev–Trinajstić information content (AvgIpc) is 2.95. The van der Waals surface area contributed by atoms with Crippen molar-refractivity contribution in [3.63, 3.8) is 0 Å². The van der Waals surface area contributed by atoms with Gasteiger partial charge >= 0.3 is 0 Å². The minimum atomic E-state index is -0.605. The zero-order valence-corrected chi connectivity index (χ0v) is 16.7. The van der Waals surface area contributed by atoms with E-state index in [1.165, 1.54) is 18.2 Å². The van der Waals surface area contributed by atoms with Crippen LogP contribution >= 0.6 is 0 Å². The predicted molar refractivity (Wildman–Crippen MR) is 107 cm³/mol. The number of carbonyl (C=O) groups is 1. The summed E-state index contributed by atoms with van der Waals surface area (Å²) < 4.78 is 21.8. The van der Waals surface area contributed by atoms with Crippen LogP contribution in [0.15, 0.2) is 30.5 Å². The van der Waals surface area contributed by atoms with Gasteiger partial charge in [0.1, 0.15) is 11.9 Å². The van der Waals surface area contributed by atoms with Crippen LogP contribution in [0.4, 0.5) is 10.2 Å². The summed E-state index contributed by atoms with van der Waals surface area (Å²) >= 11 is 0. The Morgan fingerprint density at radius 2 is 2.03 bits per heavy atom. The lowest BCUT2D eigenvalue weighted by Gasteiger charge is -2.24. The Morgan fingerprint density at radius 3 is 2.79 bits per heavy atom. The molecular weight excluding hydrogens is 373 g/mol. The highest BCUT2D eigenvalue weighted by Crippen LogP contribution is 2.35. The van der Waals surface area contributed by atoms with Gasteiger partial charge in [-0.05, 0) is 38.1 Å². The Kier molecular flexibility index (Phi) is 4.49. The molecule has 0 saturated carbocycles. The summed E-state index contributed by atoms with van der Waals surface area (Å²) in [4.78, 5) is 19.1. The number of nitrogen functional groups attached to an aromatic ring is 1. The number of nitrogens with two attached hydrogens (primary N) is 1. The van der Waals surface area contributed by atoms with Crippen molar-refractivity contribution in [1.82, 2.24) is 19.7 Å². The maximum absolute atomic E-state index is 14.0. The van der Waals surface area contributed by atoms with Gasteiger partial charge in [0, 0.05) is 42.5 Å². The Hall–Kier alpha value is -3.42. The van der Waals surface area contributed by atoms with Crippen molar-refractivity contribution in [2.24, 2.45) is 7.05 Å². The van der Waals surface area contributed by atoms with Gasteiger partial charge in [-0.2, -0.15) is 5.10 Å². The number of benzene rings is 1. The number of fused-ring (bicyclic) bond motifs is 5. The highest BCUT2D eigenvalue weighted by Gasteiger charge is 2.26. The van der Waals surface area contributed by atoms with Crippen molar-refractivity contribution in [2.75, 3.05) is 12.8 Å². The Morgan fingerprint density at radius 1 is 1.28 bits per heavy atom. The molecule has 1 aromatic carbocycles. The summed E-state index contributed by atoms with van der Waals surface area (Å²) in [5.74, 6) is -0.0651. The molecule has 1 unspecified atom stereocenters. The standard InChI is InChI=1S/C21H22FN5O2/c1-11-19-13-7-18(20(23)24-9-13)29-12(2)16-8-14(22)5-6-15(16)21(28)26(3)10-17(19)27(4)25-11/h5-9,12H,10H2,1-4H3,(H2,23,24). The summed E-state index contributed by atoms with van der Waals surface area (Å²) in [6, 6.07) is 5.90. The van der Waals surface area contributed by atoms with Crippen molar-refractivity contribution in [1.29, 1.82) is 0 Å². The van der Waals surface area contributed by atoms with Gasteiger partial charge in [0.15, 0.2) is 11.6 Å². The summed E-state index contributed by atoms with van der Waals surface area (Å²) in [5.41, 5.74) is 10.2. The molecule has 150 valence electrons. The molecule has 3 heterocycles. The van der Waals surface area contributed by atoms with E-state index in [2.05, 4.69) is 10.1 Å². The number of rotatable bonds is 0. The van der Waals surface area contributed by atoms with Crippen LogP contribution in [0.25, 0.3) is 11.1 Å². The van der Waals surface area contributed by atoms with E-state index >= 15 is 0 Å². The number of hydrogen-bond donors (Lipinski definition) is 1. The molecule has 1 aliphatic rings. The fraction of sp³-hybridized carbons (Fsp3) is 0.286. The van der Waals surface area contributed by atoms with Gasteiger partial charge in [-0.15, -0.1) is 0 Å². The highest BCUT2D eigenvalue weighted by atomic mass is 19.1. The van der Waals surface area contributed by atoms with Gasteiger partial charge in [0.05, 0.1) is 17.9 Å². The molecule has 0 spiro atoms. The minimum absolute atomic E-state index is 0.224. The predicted octanol–water partition coefficient (Wildman–Crippen LogP) is 3.24. The van der Waals surface area contributed by atoms with E-state index < -0.39 is 11.9 Å². The maximum Gasteiger partial charge on any atom is 0.254 e. The second-order valence-electron chi connectivity index (χ2n) is 7.29. The molecule has 29 heavy (non-hydrogen) atoms. The largest absolute Gasteiger partial charge is 0.482 e. The zero-order chi connectivity index (χ0) is 20.9. The number of aryl methyl sites for hydroxylation is 2. The fourth-order valence-corrected chi connectivity index (χ4v) is 3.77. The van der Waals surface area contributed by atoms with Crippen LogP contribution in [-0.2, 0) is 13.6 Å². The lowest BCUT2D eigenvalue weighted by molar-refractivity contribution is 0.0777. The Bertz CT molecular complexity index is 1120. The average molecular weight is 395 g/mol. The van der Waals surface area contributed by atoms with E-state index in [-0.39, 0.29) is 11.7 Å². The van der Waals surface area contributed by atoms with Crippen molar-refractivity contribution < 1.29 is 13.9 Å². The van der Waals surface area contributed by atoms with Gasteiger partial charge in [-0.3, -0.25) is 9.48 Å². The highest BCUT2D eigenvalue weighted by molar-refractivity contribution is 5.95. The number of pyridine rings is 1. The summed E-state index contributed by atoms with van der Waals surface area (Å²) in [5, 5.41) is 4.52. The van der Waals surface area contributed by atoms with E-state index in [0.29, 0.717) is 23.4 Å². The van der Waals surface area contributed by atoms with Crippen LogP contribution < -0.4 is 10.5 Å². The van der Waals surface area contributed by atoms with Crippen LogP contribution in [0.1, 0.15) is 40.3 Å². The summed E-state index contributed by atoms with van der Waals surface area (Å²) in [6.07, 6.45) is 1.06. The van der Waals surface area contributed by atoms with Crippen LogP contribution in [-0.4, -0.2) is 32.6 Å². The Labute approximate surface area is 167 Å². The summed E-state index contributed by atoms with van der Waals surface area (Å²) in [6.45, 7) is 3.99. The second-order valence-corrected chi connectivity index (χ2v) is 7.29. The second kappa shape index (κ2) is 6.88. The number of anilines is 1. The lowest BCUT2D eigenvalue weighted by atomic mass is 10.00. The van der Waals surface area contributed by atoms with Crippen LogP contribution in [0, 0.1) is 12.7 Å². The van der Waals surface area contributed by atoms with Crippen LogP contribution in [0.5, 0.6) is 5.75 Å². The quantitative estimate of drug-likeness (QED) is 0.632. The smallest absolute Gasteiger partial charge is 0.254 e. The van der Waals surface area contributed by atoms with Gasteiger partial charge < -0.3 is 15.4 Å². The number of ether oxygens (including phenoxy) is 1. The van der Waals surface area contributed by atoms with E-state index in [9.17, 15) is 9.18 Å². The number of carbonyl (C=O) groups excluding carboxylic acids is 1. The van der Waals surface area contributed by atoms with Crippen molar-refractivity contribution in [3.8, 4) is 16.9 Å². The number of nitrogens with zero attached hydrogens (tertiary/aromatic N) is 4. The molecule has 4 rings (SSSR count). The van der Waals surface area contributed by atoms with E-state index in [4.69, 9.17) is 10.5 Å². The Balaban J connectivity index is 1.97. The molecule has 2 bridgehead atoms. The first kappa shape index (κ1) is 18.9. The lowest BCUT2D eigenvalue weighted by Crippen LogP contribution is -2.29. The topological polar surface area (TPSA) is 86.3 Å². The first-order valence-electron chi connectivity index (χ1n) is 9.26. The molecule has 0 saturated heterocycles. The first-order valence-corrected chi connectivity index (χ1v) is 9.26. The third-order valence-electron chi connectivity index (χ3n) is 5.23. The molecule has 0 radical (unpaired) electrons. The van der Waals surface area contributed by atoms with Gasteiger partial charge in [-0.25, -0.2) is 9.37 Å². The molecule has 3 aromatic rings. The van der Waals surface area contributed by atoms with E-state index in [0.717, 1.165) is 22.5 Å². The van der Waals surface area contributed by atoms with Gasteiger partial charge in [0.25, 0.3) is 5.91 Å². The minimum Gasteiger partial charge on any atom is -0.482 e. The normalized spacial score (nSPS) is 16.4. The molecule has 0 fully saturated rings. The fourth-order valence-electron chi connectivity index (χ4n) is 3.77. The first-order chi connectivity index (χ1) is 13.8. The van der Waals surface area contributed by atoms with E-state index in [1.54, 1.807) is 29.7 Å². The van der Waals surface area contributed by atoms with Crippen molar-refractivity contribution in [3.05, 3.63) is 58.8 Å². The molecule has 1 atom stereocenters. The molecule has 2 N–H and O–H groups in total. The molecule has 1 aliphatic heterocycles. The van der Waals surface area contributed by atoms with Crippen molar-refractivity contribution >= 4 is 11.7 Å². The number of halogens is 1.